The molecule has 1 aromatic heterocycles. The van der Waals surface area contributed by atoms with Crippen LogP contribution in [0.15, 0.2) is 72.9 Å². The maximum atomic E-state index is 15.4. The Bertz CT molecular complexity index is 1970. The first-order valence-electron chi connectivity index (χ1n) is 19.3. The molecular formula is C42H53N5O6Si. The van der Waals surface area contributed by atoms with Crippen LogP contribution in [-0.2, 0) is 39.4 Å². The van der Waals surface area contributed by atoms with Crippen molar-refractivity contribution in [2.24, 2.45) is 5.92 Å². The summed E-state index contributed by atoms with van der Waals surface area (Å²) in [5, 5.41) is 19.3. The van der Waals surface area contributed by atoms with E-state index in [0.29, 0.717) is 44.6 Å². The lowest BCUT2D eigenvalue weighted by Gasteiger charge is -2.37. The number of aliphatic hydroxyl groups is 1. The van der Waals surface area contributed by atoms with Crippen LogP contribution in [0.4, 0.5) is 11.4 Å². The van der Waals surface area contributed by atoms with Crippen molar-refractivity contribution < 1.29 is 28.9 Å². The number of fused-ring (bicyclic) bond motifs is 2. The molecule has 0 bridgehead atoms. The summed E-state index contributed by atoms with van der Waals surface area (Å²) in [6.07, 6.45) is 7.35. The van der Waals surface area contributed by atoms with Crippen molar-refractivity contribution in [2.45, 2.75) is 95.3 Å². The van der Waals surface area contributed by atoms with Crippen LogP contribution in [0.25, 0.3) is 0 Å². The number of carbonyl (C=O) groups is 2. The van der Waals surface area contributed by atoms with E-state index < -0.39 is 13.7 Å². The number of aromatic nitrogens is 3. The third-order valence-electron chi connectivity index (χ3n) is 12.0. The first kappa shape index (κ1) is 37.8. The zero-order valence-corrected chi connectivity index (χ0v) is 33.2. The molecule has 2 saturated heterocycles. The van der Waals surface area contributed by atoms with Crippen molar-refractivity contribution >= 4 is 36.4 Å². The minimum atomic E-state index is -2.36. The van der Waals surface area contributed by atoms with Gasteiger partial charge >= 0.3 is 0 Å². The molecule has 0 unspecified atom stereocenters. The third kappa shape index (κ3) is 6.95. The zero-order chi connectivity index (χ0) is 38.0. The number of anilines is 2. The van der Waals surface area contributed by atoms with Crippen LogP contribution in [0.5, 0.6) is 11.5 Å². The van der Waals surface area contributed by atoms with Crippen LogP contribution in [0.2, 0.25) is 18.6 Å². The molecule has 0 aliphatic carbocycles. The lowest BCUT2D eigenvalue weighted by Crippen LogP contribution is -2.51. The summed E-state index contributed by atoms with van der Waals surface area (Å²) in [5.41, 5.74) is 3.02. The van der Waals surface area contributed by atoms with Gasteiger partial charge in [-0.2, -0.15) is 0 Å². The highest BCUT2D eigenvalue weighted by molar-refractivity contribution is 6.91. The van der Waals surface area contributed by atoms with Gasteiger partial charge in [0.1, 0.15) is 11.5 Å². The standard InChI is InChI=1S/C42H53N5O6Si/c1-29-40(54(4,5)35-17-14-33(51-2)15-18-35)38(20-23-45-28-31(21-24-48)43-44-45)53-42(29)36-26-34(52-3)16-19-37(36)47(41(42)50)27-30-11-10-12-32(25-30)46-22-9-7-6-8-13-39(46)49/h10-12,14-19,25-26,28-29,38,40,48H,6-9,13,20-24,27H2,1-5H3/t29-,38+,40-,42+/m0/s1. The fourth-order valence-electron chi connectivity index (χ4n) is 9.22. The number of ether oxygens (including phenoxy) is 3. The van der Waals surface area contributed by atoms with Crippen molar-refractivity contribution in [2.75, 3.05) is 37.2 Å². The highest BCUT2D eigenvalue weighted by Gasteiger charge is 2.66. The first-order chi connectivity index (χ1) is 26.1. The topological polar surface area (TPSA) is 119 Å². The maximum Gasteiger partial charge on any atom is 0.264 e. The lowest BCUT2D eigenvalue weighted by molar-refractivity contribution is -0.146. The Balaban J connectivity index is 1.26. The molecule has 286 valence electrons. The summed E-state index contributed by atoms with van der Waals surface area (Å²) < 4.78 is 20.4. The van der Waals surface area contributed by atoms with E-state index in [0.717, 1.165) is 59.6 Å². The molecule has 4 atom stereocenters. The number of rotatable bonds is 12. The van der Waals surface area contributed by atoms with E-state index >= 15 is 4.79 Å². The van der Waals surface area contributed by atoms with E-state index in [-0.39, 0.29) is 36.0 Å². The Kier molecular flexibility index (Phi) is 11.0. The molecule has 11 nitrogen and oxygen atoms in total. The van der Waals surface area contributed by atoms with Crippen molar-refractivity contribution in [1.82, 2.24) is 15.0 Å². The Labute approximate surface area is 319 Å². The Hall–Kier alpha value is -4.52. The van der Waals surface area contributed by atoms with E-state index in [1.54, 1.807) is 14.2 Å². The van der Waals surface area contributed by atoms with Gasteiger partial charge in [-0.1, -0.05) is 67.5 Å². The molecule has 3 aliphatic rings. The zero-order valence-electron chi connectivity index (χ0n) is 32.2. The van der Waals surface area contributed by atoms with Crippen molar-refractivity contribution in [3.05, 3.63) is 89.7 Å². The molecule has 4 heterocycles. The number of benzene rings is 3. The molecule has 0 saturated carbocycles. The summed E-state index contributed by atoms with van der Waals surface area (Å²) in [7, 11) is 0.967. The maximum absolute atomic E-state index is 15.4. The normalized spacial score (nSPS) is 23.1. The Morgan fingerprint density at radius 2 is 1.72 bits per heavy atom. The molecule has 0 radical (unpaired) electrons. The van der Waals surface area contributed by atoms with Gasteiger partial charge in [-0.25, -0.2) is 0 Å². The van der Waals surface area contributed by atoms with E-state index in [4.69, 9.17) is 14.2 Å². The number of methoxy groups -OCH3 is 2. The third-order valence-corrected chi connectivity index (χ3v) is 16.4. The van der Waals surface area contributed by atoms with E-state index in [9.17, 15) is 9.90 Å². The van der Waals surface area contributed by atoms with Gasteiger partial charge < -0.3 is 29.1 Å². The smallest absolute Gasteiger partial charge is 0.264 e. The van der Waals surface area contributed by atoms with Gasteiger partial charge in [0, 0.05) is 55.9 Å². The predicted octanol–water partition coefficient (Wildman–Crippen LogP) is 5.98. The largest absolute Gasteiger partial charge is 0.497 e. The van der Waals surface area contributed by atoms with E-state index in [2.05, 4.69) is 48.5 Å². The quantitative estimate of drug-likeness (QED) is 0.176. The molecule has 1 N–H and O–H groups in total. The molecule has 3 aromatic carbocycles. The first-order valence-corrected chi connectivity index (χ1v) is 22.4. The lowest BCUT2D eigenvalue weighted by atomic mass is 9.82. The van der Waals surface area contributed by atoms with E-state index in [1.165, 1.54) is 5.19 Å². The average molecular weight is 752 g/mol. The number of carbonyl (C=O) groups excluding carboxylic acids is 2. The summed E-state index contributed by atoms with van der Waals surface area (Å²) in [6, 6.07) is 22.3. The second-order valence-electron chi connectivity index (χ2n) is 15.5. The molecule has 3 aliphatic heterocycles. The second-order valence-corrected chi connectivity index (χ2v) is 20.2. The van der Waals surface area contributed by atoms with Gasteiger partial charge in [-0.15, -0.1) is 5.10 Å². The van der Waals surface area contributed by atoms with Crippen molar-refractivity contribution in [3.63, 3.8) is 0 Å². The summed E-state index contributed by atoms with van der Waals surface area (Å²) in [4.78, 5) is 32.3. The van der Waals surface area contributed by atoms with Gasteiger partial charge in [0.05, 0.1) is 46.3 Å². The molecule has 2 amide bonds. The van der Waals surface area contributed by atoms with Crippen molar-refractivity contribution in [1.29, 1.82) is 0 Å². The Morgan fingerprint density at radius 3 is 2.48 bits per heavy atom. The van der Waals surface area contributed by atoms with Gasteiger partial charge in [-0.05, 0) is 72.8 Å². The highest BCUT2D eigenvalue weighted by Crippen LogP contribution is 2.60. The second kappa shape index (κ2) is 15.7. The van der Waals surface area contributed by atoms with Crippen LogP contribution in [-0.4, -0.2) is 73.5 Å². The van der Waals surface area contributed by atoms with Crippen LogP contribution in [0.3, 0.4) is 0 Å². The Morgan fingerprint density at radius 1 is 0.963 bits per heavy atom. The van der Waals surface area contributed by atoms with Gasteiger partial charge in [0.2, 0.25) is 5.91 Å². The van der Waals surface area contributed by atoms with Crippen LogP contribution < -0.4 is 24.5 Å². The van der Waals surface area contributed by atoms with E-state index in [1.807, 2.05) is 69.2 Å². The molecular weight excluding hydrogens is 699 g/mol. The molecule has 1 spiro atoms. The molecule has 4 aromatic rings. The van der Waals surface area contributed by atoms with Gasteiger partial charge in [0.25, 0.3) is 5.91 Å². The number of aliphatic hydroxyl groups excluding tert-OH is 1. The molecule has 54 heavy (non-hydrogen) atoms. The van der Waals surface area contributed by atoms with Gasteiger partial charge in [0.15, 0.2) is 5.60 Å². The fraction of sp³-hybridized carbons (Fsp3) is 0.476. The average Bonchev–Trinajstić information content (AvgIpc) is 3.82. The molecule has 12 heteroatoms. The molecule has 2 fully saturated rings. The van der Waals surface area contributed by atoms with Crippen LogP contribution in [0.1, 0.15) is 62.3 Å². The monoisotopic (exact) mass is 751 g/mol. The van der Waals surface area contributed by atoms with Crippen LogP contribution in [0, 0.1) is 5.92 Å². The van der Waals surface area contributed by atoms with Gasteiger partial charge in [-0.3, -0.25) is 14.3 Å². The highest BCUT2D eigenvalue weighted by atomic mass is 28.3. The van der Waals surface area contributed by atoms with Crippen LogP contribution >= 0.6 is 0 Å². The number of amides is 2. The SMILES string of the molecule is COc1ccc([Si](C)(C)[C@@H]2[C@@H](CCn3cc(CCO)nn3)O[C@]3(C(=O)N(Cc4cccc(N5CCCCCCC5=O)c4)c4ccc(OC)cc43)[C@H]2C)cc1. The number of hydrogen-bond donors (Lipinski definition) is 1. The number of nitrogens with zero attached hydrogens (tertiary/aromatic N) is 5. The summed E-state index contributed by atoms with van der Waals surface area (Å²) in [5.74, 6) is 1.37. The minimum absolute atomic E-state index is 0.0103. The summed E-state index contributed by atoms with van der Waals surface area (Å²) >= 11 is 0. The summed E-state index contributed by atoms with van der Waals surface area (Å²) in [6.45, 7) is 8.55. The molecule has 7 rings (SSSR count). The fourth-order valence-corrected chi connectivity index (χ4v) is 13.3. The predicted molar refractivity (Wildman–Crippen MR) is 211 cm³/mol. The number of hydrogen-bond acceptors (Lipinski definition) is 8. The minimum Gasteiger partial charge on any atom is -0.497 e. The van der Waals surface area contributed by atoms with Crippen molar-refractivity contribution in [3.8, 4) is 11.5 Å². The number of aryl methyl sites for hydroxylation is 1.